The molecule has 2 rings (SSSR count). The number of nitrogens with one attached hydrogen (secondary N) is 2. The van der Waals surface area contributed by atoms with Crippen LogP contribution in [-0.2, 0) is 11.3 Å². The molecule has 0 bridgehead atoms. The highest BCUT2D eigenvalue weighted by atomic mass is 35.5. The van der Waals surface area contributed by atoms with Crippen LogP contribution in [0.2, 0.25) is 9.36 Å². The van der Waals surface area contributed by atoms with Gasteiger partial charge in [-0.15, -0.1) is 11.3 Å². The third kappa shape index (κ3) is 5.82. The fraction of sp³-hybridized carbons (Fsp3) is 0.188. The van der Waals surface area contributed by atoms with E-state index >= 15 is 0 Å². The number of amides is 1. The van der Waals surface area contributed by atoms with Gasteiger partial charge in [0.15, 0.2) is 6.54 Å². The molecule has 0 radical (unpaired) electrons. The standard InChI is InChI=1S/C16H15Cl2N3O3S/c1-2-7-20(9-12-4-6-15(18)25-12)10-16(22)19-13-5-3-11(17)8-14(13)21(23)24/h2-6,8H,1,7,9-10H2,(H,19,22)/p+1. The largest absolute Gasteiger partial charge is 0.319 e. The van der Waals surface area contributed by atoms with Crippen LogP contribution >= 0.6 is 34.5 Å². The Morgan fingerprint density at radius 2 is 2.12 bits per heavy atom. The predicted molar refractivity (Wildman–Crippen MR) is 101 cm³/mol. The zero-order valence-electron chi connectivity index (χ0n) is 13.1. The first-order valence-electron chi connectivity index (χ1n) is 7.31. The molecule has 1 heterocycles. The van der Waals surface area contributed by atoms with E-state index in [0.29, 0.717) is 17.4 Å². The topological polar surface area (TPSA) is 76.7 Å². The normalized spacial score (nSPS) is 11.8. The number of quaternary nitrogens is 1. The lowest BCUT2D eigenvalue weighted by molar-refractivity contribution is -0.899. The van der Waals surface area contributed by atoms with Crippen molar-refractivity contribution < 1.29 is 14.6 Å². The number of hydrogen-bond acceptors (Lipinski definition) is 4. The average molecular weight is 401 g/mol. The van der Waals surface area contributed by atoms with Crippen molar-refractivity contribution in [3.8, 4) is 0 Å². The van der Waals surface area contributed by atoms with Gasteiger partial charge in [-0.3, -0.25) is 14.9 Å². The van der Waals surface area contributed by atoms with Crippen molar-refractivity contribution in [2.45, 2.75) is 6.54 Å². The highest BCUT2D eigenvalue weighted by Crippen LogP contribution is 2.27. The van der Waals surface area contributed by atoms with Crippen LogP contribution in [0.15, 0.2) is 43.0 Å². The van der Waals surface area contributed by atoms with Crippen molar-refractivity contribution in [1.29, 1.82) is 0 Å². The Hall–Kier alpha value is -1.93. The number of thiophene rings is 1. The van der Waals surface area contributed by atoms with Crippen molar-refractivity contribution in [2.75, 3.05) is 18.4 Å². The summed E-state index contributed by atoms with van der Waals surface area (Å²) in [4.78, 5) is 24.8. The second kappa shape index (κ2) is 8.96. The number of nitro benzene ring substituents is 1. The van der Waals surface area contributed by atoms with E-state index in [9.17, 15) is 14.9 Å². The summed E-state index contributed by atoms with van der Waals surface area (Å²) in [5.74, 6) is -0.329. The third-order valence-corrected chi connectivity index (χ3v) is 4.79. The summed E-state index contributed by atoms with van der Waals surface area (Å²) in [6.07, 6.45) is 1.72. The molecule has 2 aromatic rings. The van der Waals surface area contributed by atoms with Crippen LogP contribution in [0.4, 0.5) is 11.4 Å². The molecule has 0 fully saturated rings. The van der Waals surface area contributed by atoms with E-state index in [1.54, 1.807) is 6.08 Å². The van der Waals surface area contributed by atoms with Crippen LogP contribution in [0.25, 0.3) is 0 Å². The lowest BCUT2D eigenvalue weighted by atomic mass is 10.2. The highest BCUT2D eigenvalue weighted by molar-refractivity contribution is 7.16. The molecule has 0 saturated heterocycles. The molecule has 2 N–H and O–H groups in total. The van der Waals surface area contributed by atoms with Crippen molar-refractivity contribution in [3.05, 3.63) is 67.3 Å². The molecule has 1 unspecified atom stereocenters. The number of anilines is 1. The van der Waals surface area contributed by atoms with Crippen LogP contribution in [0.3, 0.4) is 0 Å². The molecule has 25 heavy (non-hydrogen) atoms. The summed E-state index contributed by atoms with van der Waals surface area (Å²) in [7, 11) is 0. The molecule has 0 aliphatic rings. The number of rotatable bonds is 8. The summed E-state index contributed by atoms with van der Waals surface area (Å²) in [6, 6.07) is 7.85. The van der Waals surface area contributed by atoms with E-state index in [-0.39, 0.29) is 28.8 Å². The van der Waals surface area contributed by atoms with Crippen LogP contribution in [0.5, 0.6) is 0 Å². The summed E-state index contributed by atoms with van der Waals surface area (Å²) in [5, 5.41) is 13.9. The van der Waals surface area contributed by atoms with E-state index < -0.39 is 4.92 Å². The van der Waals surface area contributed by atoms with E-state index in [4.69, 9.17) is 23.2 Å². The molecular formula is C16H16Cl2N3O3S+. The van der Waals surface area contributed by atoms with Crippen LogP contribution in [-0.4, -0.2) is 23.9 Å². The molecule has 6 nitrogen and oxygen atoms in total. The van der Waals surface area contributed by atoms with E-state index in [2.05, 4.69) is 11.9 Å². The van der Waals surface area contributed by atoms with Gasteiger partial charge in [-0.25, -0.2) is 0 Å². The number of carbonyl (C=O) groups is 1. The number of benzene rings is 1. The SMILES string of the molecule is C=CC[NH+](CC(=O)Nc1ccc(Cl)cc1[N+](=O)[O-])Cc1ccc(Cl)s1. The van der Waals surface area contributed by atoms with Crippen LogP contribution in [0, 0.1) is 10.1 Å². The van der Waals surface area contributed by atoms with Crippen molar-refractivity contribution in [3.63, 3.8) is 0 Å². The predicted octanol–water partition coefficient (Wildman–Crippen LogP) is 3.17. The fourth-order valence-electron chi connectivity index (χ4n) is 2.29. The molecular weight excluding hydrogens is 385 g/mol. The Morgan fingerprint density at radius 3 is 2.72 bits per heavy atom. The first kappa shape index (κ1) is 19.4. The summed E-state index contributed by atoms with van der Waals surface area (Å²) in [6.45, 7) is 5.03. The second-order valence-electron chi connectivity index (χ2n) is 5.27. The Balaban J connectivity index is 2.06. The minimum absolute atomic E-state index is 0.122. The Kier molecular flexibility index (Phi) is 6.95. The number of carbonyl (C=O) groups excluding carboxylic acids is 1. The fourth-order valence-corrected chi connectivity index (χ4v) is 3.61. The maximum atomic E-state index is 12.3. The Labute approximate surface area is 158 Å². The molecule has 1 atom stereocenters. The molecule has 1 aromatic carbocycles. The van der Waals surface area contributed by atoms with Gasteiger partial charge in [-0.1, -0.05) is 29.8 Å². The summed E-state index contributed by atoms with van der Waals surface area (Å²) >= 11 is 13.2. The van der Waals surface area contributed by atoms with E-state index in [1.807, 2.05) is 12.1 Å². The Morgan fingerprint density at radius 1 is 1.36 bits per heavy atom. The van der Waals surface area contributed by atoms with Gasteiger partial charge in [0.1, 0.15) is 12.2 Å². The maximum Gasteiger partial charge on any atom is 0.294 e. The van der Waals surface area contributed by atoms with Gasteiger partial charge in [-0.2, -0.15) is 0 Å². The highest BCUT2D eigenvalue weighted by Gasteiger charge is 2.20. The summed E-state index contributed by atoms with van der Waals surface area (Å²) < 4.78 is 0.689. The third-order valence-electron chi connectivity index (χ3n) is 3.33. The molecule has 0 spiro atoms. The molecule has 132 valence electrons. The van der Waals surface area contributed by atoms with E-state index in [1.165, 1.54) is 29.5 Å². The number of halogens is 2. The Bertz CT molecular complexity index is 795. The van der Waals surface area contributed by atoms with Gasteiger partial charge >= 0.3 is 0 Å². The van der Waals surface area contributed by atoms with Crippen molar-refractivity contribution in [2.24, 2.45) is 0 Å². The molecule has 1 aromatic heterocycles. The maximum absolute atomic E-state index is 12.3. The molecule has 9 heteroatoms. The van der Waals surface area contributed by atoms with Crippen molar-refractivity contribution in [1.82, 2.24) is 0 Å². The number of hydrogen-bond donors (Lipinski definition) is 2. The monoisotopic (exact) mass is 400 g/mol. The number of nitro groups is 1. The first-order valence-corrected chi connectivity index (χ1v) is 8.88. The second-order valence-corrected chi connectivity index (χ2v) is 7.51. The molecule has 0 aliphatic carbocycles. The number of nitrogens with zero attached hydrogens (tertiary/aromatic N) is 1. The quantitative estimate of drug-likeness (QED) is 0.405. The minimum Gasteiger partial charge on any atom is -0.319 e. The average Bonchev–Trinajstić information content (AvgIpc) is 2.94. The molecule has 1 amide bonds. The van der Waals surface area contributed by atoms with Gasteiger partial charge in [-0.05, 0) is 30.3 Å². The minimum atomic E-state index is -0.580. The first-order chi connectivity index (χ1) is 11.9. The zero-order chi connectivity index (χ0) is 18.4. The zero-order valence-corrected chi connectivity index (χ0v) is 15.5. The molecule has 0 saturated carbocycles. The van der Waals surface area contributed by atoms with Crippen molar-refractivity contribution >= 4 is 51.8 Å². The van der Waals surface area contributed by atoms with Crippen LogP contribution < -0.4 is 10.2 Å². The van der Waals surface area contributed by atoms with Gasteiger partial charge in [0.25, 0.3) is 11.6 Å². The van der Waals surface area contributed by atoms with E-state index in [0.717, 1.165) is 9.78 Å². The van der Waals surface area contributed by atoms with Gasteiger partial charge in [0.2, 0.25) is 0 Å². The summed E-state index contributed by atoms with van der Waals surface area (Å²) in [5.41, 5.74) is -0.118. The van der Waals surface area contributed by atoms with Crippen LogP contribution in [0.1, 0.15) is 4.88 Å². The lowest BCUT2D eigenvalue weighted by Gasteiger charge is -2.16. The van der Waals surface area contributed by atoms with Gasteiger partial charge in [0, 0.05) is 11.1 Å². The molecule has 0 aliphatic heterocycles. The van der Waals surface area contributed by atoms with Gasteiger partial charge < -0.3 is 10.2 Å². The van der Waals surface area contributed by atoms with Gasteiger partial charge in [0.05, 0.1) is 20.7 Å². The lowest BCUT2D eigenvalue weighted by Crippen LogP contribution is -3.11. The smallest absolute Gasteiger partial charge is 0.294 e.